The lowest BCUT2D eigenvalue weighted by atomic mass is 10.1. The van der Waals surface area contributed by atoms with Gasteiger partial charge in [-0.15, -0.1) is 0 Å². The van der Waals surface area contributed by atoms with Gasteiger partial charge in [-0.3, -0.25) is 0 Å². The molecule has 0 unspecified atom stereocenters. The van der Waals surface area contributed by atoms with E-state index in [1.807, 2.05) is 0 Å². The summed E-state index contributed by atoms with van der Waals surface area (Å²) in [6.07, 6.45) is -4.78. The fourth-order valence-electron chi connectivity index (χ4n) is 0.983. The van der Waals surface area contributed by atoms with Crippen LogP contribution in [0.5, 0.6) is 0 Å². The summed E-state index contributed by atoms with van der Waals surface area (Å²) in [6.45, 7) is 0. The number of alkyl halides is 3. The first kappa shape index (κ1) is 11.0. The molecule has 3 nitrogen and oxygen atoms in total. The molecule has 0 radical (unpaired) electrons. The molecule has 0 amide bonds. The average Bonchev–Trinajstić information content (AvgIpc) is 2.16. The van der Waals surface area contributed by atoms with Gasteiger partial charge in [-0.2, -0.15) is 23.7 Å². The predicted molar refractivity (Wildman–Crippen MR) is 43.3 cm³/mol. The van der Waals surface area contributed by atoms with Crippen molar-refractivity contribution < 1.29 is 13.2 Å². The minimum Gasteiger partial charge on any atom is -0.233 e. The second kappa shape index (κ2) is 3.97. The van der Waals surface area contributed by atoms with Gasteiger partial charge in [-0.1, -0.05) is 0 Å². The second-order valence-electron chi connectivity index (χ2n) is 2.69. The Morgan fingerprint density at radius 3 is 2.40 bits per heavy atom. The molecule has 0 aliphatic heterocycles. The molecule has 0 fully saturated rings. The average molecular weight is 211 g/mol. The minimum atomic E-state index is -4.60. The van der Waals surface area contributed by atoms with Gasteiger partial charge < -0.3 is 0 Å². The van der Waals surface area contributed by atoms with E-state index in [2.05, 4.69) is 4.98 Å². The van der Waals surface area contributed by atoms with Crippen LogP contribution in [0.3, 0.4) is 0 Å². The minimum absolute atomic E-state index is 0.136. The molecule has 1 rings (SSSR count). The molecule has 1 heterocycles. The molecule has 15 heavy (non-hydrogen) atoms. The van der Waals surface area contributed by atoms with Gasteiger partial charge >= 0.3 is 6.18 Å². The largest absolute Gasteiger partial charge is 0.433 e. The van der Waals surface area contributed by atoms with Crippen LogP contribution in [0.25, 0.3) is 0 Å². The molecule has 0 aliphatic rings. The number of hydrogen-bond donors (Lipinski definition) is 0. The third-order valence-corrected chi connectivity index (χ3v) is 1.57. The molecule has 0 atom stereocenters. The summed E-state index contributed by atoms with van der Waals surface area (Å²) >= 11 is 0. The van der Waals surface area contributed by atoms with Gasteiger partial charge in [0.25, 0.3) is 0 Å². The molecular formula is C9H4F3N3. The highest BCUT2D eigenvalue weighted by Gasteiger charge is 2.33. The van der Waals surface area contributed by atoms with E-state index in [0.717, 1.165) is 6.07 Å². The Bertz CT molecular complexity index is 451. The van der Waals surface area contributed by atoms with E-state index in [1.54, 1.807) is 6.07 Å². The Balaban J connectivity index is 3.26. The first-order valence-corrected chi connectivity index (χ1v) is 3.82. The van der Waals surface area contributed by atoms with Crippen LogP contribution in [0.15, 0.2) is 12.1 Å². The van der Waals surface area contributed by atoms with Crippen molar-refractivity contribution in [2.45, 2.75) is 12.6 Å². The smallest absolute Gasteiger partial charge is 0.233 e. The van der Waals surface area contributed by atoms with Crippen LogP contribution >= 0.6 is 0 Å². The normalized spacial score (nSPS) is 10.5. The van der Waals surface area contributed by atoms with Crippen molar-refractivity contribution in [1.29, 1.82) is 10.5 Å². The number of pyridine rings is 1. The van der Waals surface area contributed by atoms with E-state index >= 15 is 0 Å². The Morgan fingerprint density at radius 2 is 1.93 bits per heavy atom. The molecule has 1 aromatic rings. The van der Waals surface area contributed by atoms with Crippen molar-refractivity contribution in [2.75, 3.05) is 0 Å². The zero-order valence-electron chi connectivity index (χ0n) is 7.34. The van der Waals surface area contributed by atoms with Crippen molar-refractivity contribution >= 4 is 0 Å². The Kier molecular flexibility index (Phi) is 2.91. The van der Waals surface area contributed by atoms with Crippen LogP contribution in [0.2, 0.25) is 0 Å². The maximum Gasteiger partial charge on any atom is 0.433 e. The van der Waals surface area contributed by atoms with Gasteiger partial charge in [0.2, 0.25) is 0 Å². The Hall–Kier alpha value is -2.08. The lowest BCUT2D eigenvalue weighted by Gasteiger charge is -2.06. The lowest BCUT2D eigenvalue weighted by Crippen LogP contribution is -2.09. The van der Waals surface area contributed by atoms with Crippen LogP contribution in [0.1, 0.15) is 17.0 Å². The van der Waals surface area contributed by atoms with Crippen molar-refractivity contribution in [3.63, 3.8) is 0 Å². The maximum atomic E-state index is 12.3. The molecular weight excluding hydrogens is 207 g/mol. The fourth-order valence-corrected chi connectivity index (χ4v) is 0.983. The van der Waals surface area contributed by atoms with E-state index in [4.69, 9.17) is 10.5 Å². The summed E-state index contributed by atoms with van der Waals surface area (Å²) in [7, 11) is 0. The van der Waals surface area contributed by atoms with Crippen molar-refractivity contribution in [2.24, 2.45) is 0 Å². The van der Waals surface area contributed by atoms with Gasteiger partial charge in [0, 0.05) is 0 Å². The predicted octanol–water partition coefficient (Wildman–Crippen LogP) is 2.04. The summed E-state index contributed by atoms with van der Waals surface area (Å²) in [5.74, 6) is 0. The summed E-state index contributed by atoms with van der Waals surface area (Å²) in [4.78, 5) is 3.11. The van der Waals surface area contributed by atoms with Gasteiger partial charge in [0.15, 0.2) is 0 Å². The molecule has 0 aromatic carbocycles. The summed E-state index contributed by atoms with van der Waals surface area (Å²) < 4.78 is 36.8. The molecule has 0 bridgehead atoms. The van der Waals surface area contributed by atoms with Crippen molar-refractivity contribution in [3.05, 3.63) is 29.1 Å². The highest BCUT2D eigenvalue weighted by Crippen LogP contribution is 2.28. The fraction of sp³-hybridized carbons (Fsp3) is 0.222. The van der Waals surface area contributed by atoms with Gasteiger partial charge in [-0.05, 0) is 17.7 Å². The summed E-state index contributed by atoms with van der Waals surface area (Å²) in [5.41, 5.74) is -1.35. The lowest BCUT2D eigenvalue weighted by molar-refractivity contribution is -0.141. The number of aromatic nitrogens is 1. The maximum absolute atomic E-state index is 12.3. The number of rotatable bonds is 1. The first-order valence-electron chi connectivity index (χ1n) is 3.82. The van der Waals surface area contributed by atoms with E-state index in [9.17, 15) is 13.2 Å². The van der Waals surface area contributed by atoms with Crippen LogP contribution < -0.4 is 0 Å². The highest BCUT2D eigenvalue weighted by molar-refractivity contribution is 5.31. The van der Waals surface area contributed by atoms with Crippen LogP contribution in [0, 0.1) is 22.7 Å². The van der Waals surface area contributed by atoms with E-state index < -0.39 is 11.9 Å². The quantitative estimate of drug-likeness (QED) is 0.714. The standard InChI is InChI=1S/C9H4F3N3/c10-9(11,12)8-4-6(1-2-13)3-7(5-14)15-8/h3-4H,1H2. The van der Waals surface area contributed by atoms with Gasteiger partial charge in [0.1, 0.15) is 17.5 Å². The number of nitrogens with zero attached hydrogens (tertiary/aromatic N) is 3. The van der Waals surface area contributed by atoms with Gasteiger partial charge in [0.05, 0.1) is 12.5 Å². The highest BCUT2D eigenvalue weighted by atomic mass is 19.4. The molecule has 6 heteroatoms. The third kappa shape index (κ3) is 2.68. The second-order valence-corrected chi connectivity index (χ2v) is 2.69. The van der Waals surface area contributed by atoms with Crippen LogP contribution in [-0.2, 0) is 12.6 Å². The third-order valence-electron chi connectivity index (χ3n) is 1.57. The van der Waals surface area contributed by atoms with Crippen LogP contribution in [0.4, 0.5) is 13.2 Å². The zero-order chi connectivity index (χ0) is 11.5. The van der Waals surface area contributed by atoms with Crippen molar-refractivity contribution in [1.82, 2.24) is 4.98 Å². The molecule has 0 saturated carbocycles. The number of halogens is 3. The molecule has 0 saturated heterocycles. The number of nitriles is 2. The molecule has 0 N–H and O–H groups in total. The molecule has 0 aliphatic carbocycles. The first-order chi connectivity index (χ1) is 6.97. The monoisotopic (exact) mass is 211 g/mol. The van der Waals surface area contributed by atoms with Gasteiger partial charge in [-0.25, -0.2) is 4.98 Å². The van der Waals surface area contributed by atoms with Crippen LogP contribution in [-0.4, -0.2) is 4.98 Å². The summed E-state index contributed by atoms with van der Waals surface area (Å²) in [6, 6.07) is 5.16. The number of hydrogen-bond acceptors (Lipinski definition) is 3. The molecule has 1 aromatic heterocycles. The SMILES string of the molecule is N#CCc1cc(C#N)nc(C(F)(F)F)c1. The molecule has 0 spiro atoms. The summed E-state index contributed by atoms with van der Waals surface area (Å²) in [5, 5.41) is 16.8. The van der Waals surface area contributed by atoms with Crippen molar-refractivity contribution in [3.8, 4) is 12.1 Å². The topological polar surface area (TPSA) is 60.5 Å². The van der Waals surface area contributed by atoms with E-state index in [1.165, 1.54) is 12.1 Å². The zero-order valence-corrected chi connectivity index (χ0v) is 7.34. The Morgan fingerprint density at radius 1 is 1.27 bits per heavy atom. The van der Waals surface area contributed by atoms with E-state index in [0.29, 0.717) is 0 Å². The van der Waals surface area contributed by atoms with E-state index in [-0.39, 0.29) is 17.7 Å². The molecule has 76 valence electrons. The Labute approximate surface area is 83.4 Å².